The highest BCUT2D eigenvalue weighted by atomic mass is 16.1. The SMILES string of the molecule is CC1CCC(CNCC2CCC(C(N)=O)CC2)CC1. The second-order valence-corrected chi connectivity index (χ2v) is 6.90. The predicted molar refractivity (Wildman–Crippen MR) is 78.6 cm³/mol. The lowest BCUT2D eigenvalue weighted by atomic mass is 9.81. The monoisotopic (exact) mass is 266 g/mol. The lowest BCUT2D eigenvalue weighted by molar-refractivity contribution is -0.122. The molecular weight excluding hydrogens is 236 g/mol. The van der Waals surface area contributed by atoms with Crippen LogP contribution in [0.1, 0.15) is 58.3 Å². The normalized spacial score (nSPS) is 36.1. The summed E-state index contributed by atoms with van der Waals surface area (Å²) in [5, 5.41) is 3.67. The van der Waals surface area contributed by atoms with E-state index >= 15 is 0 Å². The topological polar surface area (TPSA) is 55.1 Å². The number of nitrogens with one attached hydrogen (secondary N) is 1. The minimum Gasteiger partial charge on any atom is -0.369 e. The fourth-order valence-electron chi connectivity index (χ4n) is 3.68. The molecule has 3 N–H and O–H groups in total. The van der Waals surface area contributed by atoms with Crippen molar-refractivity contribution in [3.05, 3.63) is 0 Å². The molecule has 2 aliphatic carbocycles. The van der Waals surface area contributed by atoms with Gasteiger partial charge in [0.25, 0.3) is 0 Å². The number of carbonyl (C=O) groups is 1. The Morgan fingerprint density at radius 2 is 1.42 bits per heavy atom. The third-order valence-electron chi connectivity index (χ3n) is 5.25. The molecule has 3 heteroatoms. The molecule has 0 heterocycles. The average Bonchev–Trinajstić information content (AvgIpc) is 2.41. The van der Waals surface area contributed by atoms with Gasteiger partial charge in [-0.3, -0.25) is 4.79 Å². The number of hydrogen-bond donors (Lipinski definition) is 2. The number of primary amides is 1. The van der Waals surface area contributed by atoms with Crippen LogP contribution in [0, 0.1) is 23.7 Å². The number of amides is 1. The molecule has 3 nitrogen and oxygen atoms in total. The highest BCUT2D eigenvalue weighted by Gasteiger charge is 2.24. The van der Waals surface area contributed by atoms with E-state index in [1.165, 1.54) is 45.1 Å². The first-order chi connectivity index (χ1) is 9.15. The minimum absolute atomic E-state index is 0.0947. The Morgan fingerprint density at radius 3 is 1.89 bits per heavy atom. The lowest BCUT2D eigenvalue weighted by Gasteiger charge is -2.29. The van der Waals surface area contributed by atoms with E-state index in [1.54, 1.807) is 0 Å². The van der Waals surface area contributed by atoms with Crippen LogP contribution in [0.2, 0.25) is 0 Å². The van der Waals surface area contributed by atoms with Gasteiger partial charge in [0.15, 0.2) is 0 Å². The van der Waals surface area contributed by atoms with Crippen molar-refractivity contribution >= 4 is 5.91 Å². The van der Waals surface area contributed by atoms with E-state index in [0.717, 1.165) is 37.1 Å². The molecule has 0 aromatic heterocycles. The van der Waals surface area contributed by atoms with Crippen LogP contribution in [-0.4, -0.2) is 19.0 Å². The summed E-state index contributed by atoms with van der Waals surface area (Å²) < 4.78 is 0. The molecule has 0 aromatic rings. The molecule has 0 aliphatic heterocycles. The third-order valence-corrected chi connectivity index (χ3v) is 5.25. The second kappa shape index (κ2) is 7.28. The molecule has 0 saturated heterocycles. The molecule has 0 aromatic carbocycles. The van der Waals surface area contributed by atoms with Crippen molar-refractivity contribution in [1.82, 2.24) is 5.32 Å². The van der Waals surface area contributed by atoms with Gasteiger partial charge in [0.2, 0.25) is 5.91 Å². The number of hydrogen-bond acceptors (Lipinski definition) is 2. The molecule has 0 bridgehead atoms. The van der Waals surface area contributed by atoms with Gasteiger partial charge in [-0.15, -0.1) is 0 Å². The second-order valence-electron chi connectivity index (χ2n) is 6.90. The zero-order valence-corrected chi connectivity index (χ0v) is 12.4. The van der Waals surface area contributed by atoms with Gasteiger partial charge in [0, 0.05) is 5.92 Å². The van der Waals surface area contributed by atoms with Gasteiger partial charge in [0.05, 0.1) is 0 Å². The highest BCUT2D eigenvalue weighted by molar-refractivity contribution is 5.76. The molecule has 2 saturated carbocycles. The molecular formula is C16H30N2O. The van der Waals surface area contributed by atoms with Crippen molar-refractivity contribution in [3.8, 4) is 0 Å². The summed E-state index contributed by atoms with van der Waals surface area (Å²) in [5.41, 5.74) is 5.37. The maximum Gasteiger partial charge on any atom is 0.220 e. The van der Waals surface area contributed by atoms with Crippen LogP contribution in [0.4, 0.5) is 0 Å². The molecule has 110 valence electrons. The van der Waals surface area contributed by atoms with Gasteiger partial charge in [-0.1, -0.05) is 19.8 Å². The molecule has 1 amide bonds. The quantitative estimate of drug-likeness (QED) is 0.804. The molecule has 0 radical (unpaired) electrons. The zero-order chi connectivity index (χ0) is 13.7. The summed E-state index contributed by atoms with van der Waals surface area (Å²) in [6, 6.07) is 0. The molecule has 19 heavy (non-hydrogen) atoms. The Labute approximate surface area is 117 Å². The van der Waals surface area contributed by atoms with E-state index in [4.69, 9.17) is 5.73 Å². The van der Waals surface area contributed by atoms with Crippen LogP contribution in [0.15, 0.2) is 0 Å². The summed E-state index contributed by atoms with van der Waals surface area (Å²) in [7, 11) is 0. The highest BCUT2D eigenvalue weighted by Crippen LogP contribution is 2.29. The van der Waals surface area contributed by atoms with Crippen molar-refractivity contribution < 1.29 is 4.79 Å². The summed E-state index contributed by atoms with van der Waals surface area (Å²) >= 11 is 0. The molecule has 0 unspecified atom stereocenters. The Kier molecular flexibility index (Phi) is 5.68. The molecule has 2 rings (SSSR count). The summed E-state index contributed by atoms with van der Waals surface area (Å²) in [4.78, 5) is 11.1. The lowest BCUT2D eigenvalue weighted by Crippen LogP contribution is -2.33. The summed E-state index contributed by atoms with van der Waals surface area (Å²) in [6.45, 7) is 4.71. The van der Waals surface area contributed by atoms with Crippen LogP contribution in [0.3, 0.4) is 0 Å². The van der Waals surface area contributed by atoms with Crippen molar-refractivity contribution in [2.24, 2.45) is 29.4 Å². The first kappa shape index (κ1) is 14.8. The Balaban J connectivity index is 1.56. The van der Waals surface area contributed by atoms with Crippen LogP contribution >= 0.6 is 0 Å². The van der Waals surface area contributed by atoms with E-state index in [1.807, 2.05) is 0 Å². The van der Waals surface area contributed by atoms with Crippen LogP contribution in [0.5, 0.6) is 0 Å². The molecule has 0 atom stereocenters. The zero-order valence-electron chi connectivity index (χ0n) is 12.4. The van der Waals surface area contributed by atoms with Crippen LogP contribution in [0.25, 0.3) is 0 Å². The van der Waals surface area contributed by atoms with E-state index in [9.17, 15) is 4.79 Å². The fraction of sp³-hybridized carbons (Fsp3) is 0.938. The van der Waals surface area contributed by atoms with Gasteiger partial charge in [-0.25, -0.2) is 0 Å². The van der Waals surface area contributed by atoms with E-state index in [-0.39, 0.29) is 11.8 Å². The molecule has 2 fully saturated rings. The Morgan fingerprint density at radius 1 is 0.947 bits per heavy atom. The summed E-state index contributed by atoms with van der Waals surface area (Å²) in [5.74, 6) is 2.66. The molecule has 0 spiro atoms. The van der Waals surface area contributed by atoms with Gasteiger partial charge in [0.1, 0.15) is 0 Å². The number of carbonyl (C=O) groups excluding carboxylic acids is 1. The van der Waals surface area contributed by atoms with Crippen LogP contribution in [-0.2, 0) is 4.79 Å². The summed E-state index contributed by atoms with van der Waals surface area (Å²) in [6.07, 6.45) is 9.98. The first-order valence-electron chi connectivity index (χ1n) is 8.15. The van der Waals surface area contributed by atoms with E-state index in [2.05, 4.69) is 12.2 Å². The maximum absolute atomic E-state index is 11.1. The van der Waals surface area contributed by atoms with Gasteiger partial charge in [-0.05, 0) is 69.4 Å². The van der Waals surface area contributed by atoms with E-state index < -0.39 is 0 Å². The van der Waals surface area contributed by atoms with Gasteiger partial charge >= 0.3 is 0 Å². The minimum atomic E-state index is -0.0947. The van der Waals surface area contributed by atoms with Crippen molar-refractivity contribution in [2.75, 3.05) is 13.1 Å². The standard InChI is InChI=1S/C16H30N2O/c1-12-2-4-13(5-3-12)10-18-11-14-6-8-15(9-7-14)16(17)19/h12-15,18H,2-11H2,1H3,(H2,17,19). The van der Waals surface area contributed by atoms with Crippen molar-refractivity contribution in [1.29, 1.82) is 0 Å². The van der Waals surface area contributed by atoms with Crippen molar-refractivity contribution in [3.63, 3.8) is 0 Å². The van der Waals surface area contributed by atoms with Crippen molar-refractivity contribution in [2.45, 2.75) is 58.3 Å². The Hall–Kier alpha value is -0.570. The smallest absolute Gasteiger partial charge is 0.220 e. The van der Waals surface area contributed by atoms with E-state index in [0.29, 0.717) is 0 Å². The number of rotatable bonds is 5. The number of nitrogens with two attached hydrogens (primary N) is 1. The predicted octanol–water partition coefficient (Wildman–Crippen LogP) is 2.69. The van der Waals surface area contributed by atoms with Gasteiger partial charge < -0.3 is 11.1 Å². The average molecular weight is 266 g/mol. The Bertz CT molecular complexity index is 276. The van der Waals surface area contributed by atoms with Crippen LogP contribution < -0.4 is 11.1 Å². The van der Waals surface area contributed by atoms with Gasteiger partial charge in [-0.2, -0.15) is 0 Å². The molecule has 2 aliphatic rings. The third kappa shape index (κ3) is 4.79. The fourth-order valence-corrected chi connectivity index (χ4v) is 3.68. The largest absolute Gasteiger partial charge is 0.369 e. The first-order valence-corrected chi connectivity index (χ1v) is 8.15. The maximum atomic E-state index is 11.1.